The second-order valence-corrected chi connectivity index (χ2v) is 9.01. The molecule has 38 heavy (non-hydrogen) atoms. The summed E-state index contributed by atoms with van der Waals surface area (Å²) in [5.41, 5.74) is 0.498. The lowest BCUT2D eigenvalue weighted by atomic mass is 10.1. The number of aromatic nitrogens is 3. The summed E-state index contributed by atoms with van der Waals surface area (Å²) in [5.74, 6) is 1.62. The van der Waals surface area contributed by atoms with Gasteiger partial charge in [0.15, 0.2) is 0 Å². The zero-order chi connectivity index (χ0) is 26.9. The number of carbonyl (C=O) groups excluding carboxylic acids is 1. The molecule has 1 aliphatic rings. The lowest BCUT2D eigenvalue weighted by Crippen LogP contribution is -2.49. The molecule has 0 bridgehead atoms. The molecule has 0 spiro atoms. The molecular formula is C27H26F3N5O3. The van der Waals surface area contributed by atoms with Crippen LogP contribution < -0.4 is 9.64 Å². The molecule has 5 rings (SSSR count). The minimum Gasteiger partial charge on any atom is -0.497 e. The molecule has 0 saturated carbocycles. The lowest BCUT2D eigenvalue weighted by molar-refractivity contribution is -0.137. The first-order chi connectivity index (χ1) is 18.3. The minimum atomic E-state index is -4.49. The molecule has 1 fully saturated rings. The van der Waals surface area contributed by atoms with Crippen LogP contribution in [0.2, 0.25) is 0 Å². The first kappa shape index (κ1) is 25.5. The Balaban J connectivity index is 1.47. The first-order valence-corrected chi connectivity index (χ1v) is 12.3. The maximum absolute atomic E-state index is 13.4. The molecule has 0 radical (unpaired) electrons. The van der Waals surface area contributed by atoms with Gasteiger partial charge in [-0.2, -0.15) is 18.2 Å². The molecule has 2 aromatic carbocycles. The summed E-state index contributed by atoms with van der Waals surface area (Å²) >= 11 is 0. The minimum absolute atomic E-state index is 0.0994. The summed E-state index contributed by atoms with van der Waals surface area (Å²) in [4.78, 5) is 26.1. The van der Waals surface area contributed by atoms with E-state index in [-0.39, 0.29) is 22.9 Å². The van der Waals surface area contributed by atoms with Crippen LogP contribution in [0.5, 0.6) is 5.75 Å². The predicted molar refractivity (Wildman–Crippen MR) is 135 cm³/mol. The number of rotatable bonds is 6. The van der Waals surface area contributed by atoms with Gasteiger partial charge in [-0.25, -0.2) is 4.98 Å². The Morgan fingerprint density at radius 3 is 2.53 bits per heavy atom. The molecule has 0 N–H and O–H groups in total. The summed E-state index contributed by atoms with van der Waals surface area (Å²) < 4.78 is 50.9. The normalized spacial score (nSPS) is 14.2. The predicted octanol–water partition coefficient (Wildman–Crippen LogP) is 5.23. The number of amides is 1. The van der Waals surface area contributed by atoms with Crippen molar-refractivity contribution in [3.63, 3.8) is 0 Å². The van der Waals surface area contributed by atoms with Gasteiger partial charge in [-0.15, -0.1) is 0 Å². The van der Waals surface area contributed by atoms with Crippen molar-refractivity contribution in [3.05, 3.63) is 65.5 Å². The summed E-state index contributed by atoms with van der Waals surface area (Å²) in [6.07, 6.45) is -3.08. The second-order valence-electron chi connectivity index (χ2n) is 9.01. The number of hydrogen-bond donors (Lipinski definition) is 0. The Hall–Kier alpha value is -4.15. The van der Waals surface area contributed by atoms with Gasteiger partial charge in [0.2, 0.25) is 0 Å². The number of alkyl halides is 3. The molecule has 0 unspecified atom stereocenters. The molecule has 1 saturated heterocycles. The summed E-state index contributed by atoms with van der Waals surface area (Å²) in [6.45, 7) is 3.83. The molecule has 1 aliphatic heterocycles. The number of methoxy groups -OCH3 is 1. The number of hydrogen-bond acceptors (Lipinski definition) is 7. The summed E-state index contributed by atoms with van der Waals surface area (Å²) in [5, 5.41) is 4.55. The number of benzene rings is 2. The van der Waals surface area contributed by atoms with Gasteiger partial charge in [-0.1, -0.05) is 30.3 Å². The van der Waals surface area contributed by atoms with Crippen molar-refractivity contribution < 1.29 is 27.2 Å². The third-order valence-electron chi connectivity index (χ3n) is 6.48. The van der Waals surface area contributed by atoms with Gasteiger partial charge < -0.3 is 19.1 Å². The van der Waals surface area contributed by atoms with E-state index in [1.165, 1.54) is 6.07 Å². The van der Waals surface area contributed by atoms with Gasteiger partial charge in [0, 0.05) is 43.7 Å². The third-order valence-corrected chi connectivity index (χ3v) is 6.48. The average Bonchev–Trinajstić information content (AvgIpc) is 3.36. The number of fused-ring (bicyclic) bond motifs is 1. The van der Waals surface area contributed by atoms with Crippen molar-refractivity contribution in [3.8, 4) is 17.0 Å². The van der Waals surface area contributed by atoms with Gasteiger partial charge >= 0.3 is 6.18 Å². The summed E-state index contributed by atoms with van der Waals surface area (Å²) in [7, 11) is 1.55. The Morgan fingerprint density at radius 2 is 1.82 bits per heavy atom. The topological polar surface area (TPSA) is 84.6 Å². The van der Waals surface area contributed by atoms with Gasteiger partial charge in [-0.05, 0) is 36.8 Å². The van der Waals surface area contributed by atoms with Crippen LogP contribution >= 0.6 is 0 Å². The molecule has 8 nitrogen and oxygen atoms in total. The van der Waals surface area contributed by atoms with E-state index in [0.29, 0.717) is 60.9 Å². The van der Waals surface area contributed by atoms with Gasteiger partial charge in [0.05, 0.1) is 12.7 Å². The van der Waals surface area contributed by atoms with E-state index in [1.807, 2.05) is 11.8 Å². The van der Waals surface area contributed by atoms with Crippen LogP contribution in [0.3, 0.4) is 0 Å². The van der Waals surface area contributed by atoms with E-state index >= 15 is 0 Å². The van der Waals surface area contributed by atoms with Crippen LogP contribution in [0.1, 0.15) is 35.1 Å². The number of halogens is 3. The molecule has 4 aromatic rings. The molecule has 1 amide bonds. The number of nitrogens with zero attached hydrogens (tertiary/aromatic N) is 5. The number of ether oxygens (including phenoxy) is 1. The fourth-order valence-electron chi connectivity index (χ4n) is 4.54. The van der Waals surface area contributed by atoms with Crippen LogP contribution in [-0.2, 0) is 12.6 Å². The van der Waals surface area contributed by atoms with Gasteiger partial charge in [0.25, 0.3) is 11.6 Å². The van der Waals surface area contributed by atoms with E-state index in [1.54, 1.807) is 42.3 Å². The highest BCUT2D eigenvalue weighted by Gasteiger charge is 2.32. The fraction of sp³-hybridized carbons (Fsp3) is 0.333. The molecule has 11 heteroatoms. The van der Waals surface area contributed by atoms with E-state index in [2.05, 4.69) is 10.1 Å². The van der Waals surface area contributed by atoms with Crippen LogP contribution in [0.15, 0.2) is 53.1 Å². The Morgan fingerprint density at radius 1 is 1.05 bits per heavy atom. The van der Waals surface area contributed by atoms with Crippen LogP contribution in [-0.4, -0.2) is 59.2 Å². The van der Waals surface area contributed by atoms with Crippen molar-refractivity contribution in [1.82, 2.24) is 20.0 Å². The zero-order valence-corrected chi connectivity index (χ0v) is 21.0. The summed E-state index contributed by atoms with van der Waals surface area (Å²) in [6, 6.07) is 12.0. The molecule has 0 aliphatic carbocycles. The molecule has 3 heterocycles. The molecule has 2 aromatic heterocycles. The zero-order valence-electron chi connectivity index (χ0n) is 21.0. The van der Waals surface area contributed by atoms with Gasteiger partial charge in [0.1, 0.15) is 28.5 Å². The maximum atomic E-state index is 13.4. The maximum Gasteiger partial charge on any atom is 0.416 e. The smallest absolute Gasteiger partial charge is 0.416 e. The van der Waals surface area contributed by atoms with E-state index in [4.69, 9.17) is 14.2 Å². The molecular weight excluding hydrogens is 499 g/mol. The first-order valence-electron chi connectivity index (χ1n) is 12.3. The largest absolute Gasteiger partial charge is 0.497 e. The SMILES string of the molecule is CCCc1nc(N2CCN(C(=O)c3cccc(OC)c3)CC2)c2c(-c3cccc(C(F)(F)F)c3)noc2n1. The highest BCUT2D eigenvalue weighted by atomic mass is 19.4. The van der Waals surface area contributed by atoms with E-state index in [0.717, 1.165) is 18.6 Å². The Kier molecular flexibility index (Phi) is 6.92. The van der Waals surface area contributed by atoms with Crippen LogP contribution in [0.25, 0.3) is 22.4 Å². The highest BCUT2D eigenvalue weighted by molar-refractivity contribution is 5.98. The van der Waals surface area contributed by atoms with E-state index in [9.17, 15) is 18.0 Å². The molecule has 0 atom stereocenters. The molecule has 198 valence electrons. The highest BCUT2D eigenvalue weighted by Crippen LogP contribution is 2.37. The van der Waals surface area contributed by atoms with Crippen molar-refractivity contribution >= 4 is 22.8 Å². The van der Waals surface area contributed by atoms with Crippen LogP contribution in [0, 0.1) is 0 Å². The van der Waals surface area contributed by atoms with Crippen molar-refractivity contribution in [2.45, 2.75) is 25.9 Å². The monoisotopic (exact) mass is 525 g/mol. The van der Waals surface area contributed by atoms with Crippen molar-refractivity contribution in [1.29, 1.82) is 0 Å². The van der Waals surface area contributed by atoms with Crippen LogP contribution in [0.4, 0.5) is 19.0 Å². The number of anilines is 1. The van der Waals surface area contributed by atoms with E-state index < -0.39 is 11.7 Å². The van der Waals surface area contributed by atoms with Crippen molar-refractivity contribution in [2.75, 3.05) is 38.2 Å². The van der Waals surface area contributed by atoms with Gasteiger partial charge in [-0.3, -0.25) is 4.79 Å². The third kappa shape index (κ3) is 5.00. The number of carbonyl (C=O) groups is 1. The number of aryl methyl sites for hydroxylation is 1. The average molecular weight is 526 g/mol. The standard InChI is InChI=1S/C27H26F3N5O3/c1-3-6-21-31-24(34-11-13-35(14-12-34)26(36)18-8-5-10-20(16-18)37-2)22-23(33-38-25(22)32-21)17-7-4-9-19(15-17)27(28,29)30/h4-5,7-10,15-16H,3,6,11-14H2,1-2H3. The Labute approximate surface area is 217 Å². The quantitative estimate of drug-likeness (QED) is 0.341. The van der Waals surface area contributed by atoms with Crippen molar-refractivity contribution in [2.24, 2.45) is 0 Å². The Bertz CT molecular complexity index is 1460. The second kappa shape index (κ2) is 10.3. The fourth-order valence-corrected chi connectivity index (χ4v) is 4.54. The lowest BCUT2D eigenvalue weighted by Gasteiger charge is -2.35. The number of piperazine rings is 1.